The van der Waals surface area contributed by atoms with Crippen LogP contribution in [0.25, 0.3) is 0 Å². The SMILES string of the molecule is CC(C)CCN=C(N)Nc1ccc(OC(C)C)cc1.I. The summed E-state index contributed by atoms with van der Waals surface area (Å²) in [5.74, 6) is 1.96. The smallest absolute Gasteiger partial charge is 0.193 e. The van der Waals surface area contributed by atoms with Crippen LogP contribution in [0.3, 0.4) is 0 Å². The molecule has 1 rings (SSSR count). The van der Waals surface area contributed by atoms with Crippen molar-refractivity contribution in [3.05, 3.63) is 24.3 Å². The minimum absolute atomic E-state index is 0. The zero-order valence-corrected chi connectivity index (χ0v) is 15.0. The number of anilines is 1. The Morgan fingerprint density at radius 1 is 1.20 bits per heavy atom. The van der Waals surface area contributed by atoms with Gasteiger partial charge < -0.3 is 15.8 Å². The van der Waals surface area contributed by atoms with E-state index in [1.165, 1.54) is 0 Å². The van der Waals surface area contributed by atoms with Gasteiger partial charge in [-0.05, 0) is 50.5 Å². The topological polar surface area (TPSA) is 59.6 Å². The molecular weight excluding hydrogens is 365 g/mol. The van der Waals surface area contributed by atoms with E-state index in [2.05, 4.69) is 24.2 Å². The van der Waals surface area contributed by atoms with E-state index in [1.54, 1.807) is 0 Å². The summed E-state index contributed by atoms with van der Waals surface area (Å²) < 4.78 is 5.58. The Hall–Kier alpha value is -0.980. The molecule has 0 saturated heterocycles. The van der Waals surface area contributed by atoms with Crippen molar-refractivity contribution in [2.45, 2.75) is 40.2 Å². The number of hydrogen-bond acceptors (Lipinski definition) is 2. The number of hydrogen-bond donors (Lipinski definition) is 2. The zero-order valence-electron chi connectivity index (χ0n) is 12.7. The molecule has 20 heavy (non-hydrogen) atoms. The Morgan fingerprint density at radius 2 is 1.80 bits per heavy atom. The molecule has 0 fully saturated rings. The second-order valence-electron chi connectivity index (χ2n) is 5.27. The van der Waals surface area contributed by atoms with Crippen molar-refractivity contribution in [2.75, 3.05) is 11.9 Å². The van der Waals surface area contributed by atoms with Crippen LogP contribution in [-0.2, 0) is 0 Å². The van der Waals surface area contributed by atoms with Gasteiger partial charge in [-0.1, -0.05) is 13.8 Å². The Labute approximate surface area is 139 Å². The molecule has 5 heteroatoms. The van der Waals surface area contributed by atoms with Crippen LogP contribution < -0.4 is 15.8 Å². The molecule has 0 heterocycles. The number of aliphatic imine (C=N–C) groups is 1. The molecule has 114 valence electrons. The van der Waals surface area contributed by atoms with Gasteiger partial charge in [-0.2, -0.15) is 0 Å². The molecule has 0 bridgehead atoms. The highest BCUT2D eigenvalue weighted by molar-refractivity contribution is 14.0. The quantitative estimate of drug-likeness (QED) is 0.440. The van der Waals surface area contributed by atoms with E-state index >= 15 is 0 Å². The lowest BCUT2D eigenvalue weighted by molar-refractivity contribution is 0.242. The van der Waals surface area contributed by atoms with Crippen LogP contribution in [0.5, 0.6) is 5.75 Å². The monoisotopic (exact) mass is 391 g/mol. The van der Waals surface area contributed by atoms with Crippen LogP contribution in [0.2, 0.25) is 0 Å². The van der Waals surface area contributed by atoms with Crippen LogP contribution in [0.4, 0.5) is 5.69 Å². The van der Waals surface area contributed by atoms with Crippen LogP contribution in [0.15, 0.2) is 29.3 Å². The van der Waals surface area contributed by atoms with E-state index in [0.717, 1.165) is 24.4 Å². The van der Waals surface area contributed by atoms with E-state index < -0.39 is 0 Å². The van der Waals surface area contributed by atoms with Crippen LogP contribution in [0.1, 0.15) is 34.1 Å². The molecule has 0 aliphatic rings. The maximum Gasteiger partial charge on any atom is 0.193 e. The van der Waals surface area contributed by atoms with Crippen molar-refractivity contribution >= 4 is 35.6 Å². The lowest BCUT2D eigenvalue weighted by Crippen LogP contribution is -2.23. The van der Waals surface area contributed by atoms with Crippen LogP contribution in [-0.4, -0.2) is 18.6 Å². The summed E-state index contributed by atoms with van der Waals surface area (Å²) in [6.07, 6.45) is 1.23. The molecule has 0 aliphatic carbocycles. The van der Waals surface area contributed by atoms with Crippen molar-refractivity contribution in [1.82, 2.24) is 0 Å². The van der Waals surface area contributed by atoms with Crippen LogP contribution >= 0.6 is 24.0 Å². The van der Waals surface area contributed by atoms with Gasteiger partial charge in [-0.15, -0.1) is 24.0 Å². The van der Waals surface area contributed by atoms with Gasteiger partial charge in [0.05, 0.1) is 6.10 Å². The standard InChI is InChI=1S/C15H25N3O.HI/c1-11(2)9-10-17-15(16)18-13-5-7-14(8-6-13)19-12(3)4;/h5-8,11-12H,9-10H2,1-4H3,(H3,16,17,18);1H. The Morgan fingerprint density at radius 3 is 2.30 bits per heavy atom. The minimum Gasteiger partial charge on any atom is -0.491 e. The van der Waals surface area contributed by atoms with Gasteiger partial charge in [-0.3, -0.25) is 4.99 Å². The number of ether oxygens (including phenoxy) is 1. The number of nitrogens with two attached hydrogens (primary N) is 1. The van der Waals surface area contributed by atoms with E-state index in [-0.39, 0.29) is 30.1 Å². The predicted octanol–water partition coefficient (Wildman–Crippen LogP) is 3.86. The summed E-state index contributed by atoms with van der Waals surface area (Å²) in [6.45, 7) is 9.11. The second-order valence-corrected chi connectivity index (χ2v) is 5.27. The van der Waals surface area contributed by atoms with Gasteiger partial charge in [0.2, 0.25) is 0 Å². The average Bonchev–Trinajstić information content (AvgIpc) is 2.30. The van der Waals surface area contributed by atoms with E-state index in [0.29, 0.717) is 11.9 Å². The van der Waals surface area contributed by atoms with Gasteiger partial charge in [-0.25, -0.2) is 0 Å². The number of nitrogens with one attached hydrogen (secondary N) is 1. The van der Waals surface area contributed by atoms with Gasteiger partial charge >= 0.3 is 0 Å². The van der Waals surface area contributed by atoms with E-state index in [4.69, 9.17) is 10.5 Å². The maximum atomic E-state index is 5.82. The largest absolute Gasteiger partial charge is 0.491 e. The molecule has 1 aromatic carbocycles. The number of nitrogens with zero attached hydrogens (tertiary/aromatic N) is 1. The first-order valence-electron chi connectivity index (χ1n) is 6.81. The van der Waals surface area contributed by atoms with E-state index in [1.807, 2.05) is 38.1 Å². The highest BCUT2D eigenvalue weighted by atomic mass is 127. The first-order chi connectivity index (χ1) is 8.97. The van der Waals surface area contributed by atoms with Gasteiger partial charge in [0.25, 0.3) is 0 Å². The molecule has 0 aromatic heterocycles. The summed E-state index contributed by atoms with van der Waals surface area (Å²) in [4.78, 5) is 4.28. The fourth-order valence-electron chi connectivity index (χ4n) is 1.52. The normalized spacial score (nSPS) is 11.4. The van der Waals surface area contributed by atoms with Crippen molar-refractivity contribution in [3.63, 3.8) is 0 Å². The fraction of sp³-hybridized carbons (Fsp3) is 0.533. The molecule has 0 aliphatic heterocycles. The summed E-state index contributed by atoms with van der Waals surface area (Å²) in [6, 6.07) is 7.71. The third-order valence-electron chi connectivity index (χ3n) is 2.49. The molecule has 0 atom stereocenters. The summed E-state index contributed by atoms with van der Waals surface area (Å²) >= 11 is 0. The van der Waals surface area contributed by atoms with E-state index in [9.17, 15) is 0 Å². The molecule has 0 radical (unpaired) electrons. The second kappa shape index (κ2) is 9.85. The fourth-order valence-corrected chi connectivity index (χ4v) is 1.52. The number of halogens is 1. The van der Waals surface area contributed by atoms with Gasteiger partial charge in [0.15, 0.2) is 5.96 Å². The van der Waals surface area contributed by atoms with Crippen LogP contribution in [0, 0.1) is 5.92 Å². The molecule has 0 amide bonds. The molecule has 0 spiro atoms. The molecule has 0 saturated carbocycles. The molecule has 0 unspecified atom stereocenters. The zero-order chi connectivity index (χ0) is 14.3. The van der Waals surface area contributed by atoms with Crippen molar-refractivity contribution in [1.29, 1.82) is 0 Å². The molecule has 3 N–H and O–H groups in total. The molecular formula is C15H26IN3O. The Balaban J connectivity index is 0.00000361. The Kier molecular flexibility index (Phi) is 9.37. The average molecular weight is 391 g/mol. The number of benzene rings is 1. The van der Waals surface area contributed by atoms with Gasteiger partial charge in [0, 0.05) is 12.2 Å². The van der Waals surface area contributed by atoms with Crippen molar-refractivity contribution < 1.29 is 4.74 Å². The van der Waals surface area contributed by atoms with Gasteiger partial charge in [0.1, 0.15) is 5.75 Å². The molecule has 4 nitrogen and oxygen atoms in total. The third kappa shape index (κ3) is 8.24. The summed E-state index contributed by atoms with van der Waals surface area (Å²) in [5.41, 5.74) is 6.74. The number of rotatable bonds is 6. The highest BCUT2D eigenvalue weighted by Crippen LogP contribution is 2.16. The summed E-state index contributed by atoms with van der Waals surface area (Å²) in [7, 11) is 0. The lowest BCUT2D eigenvalue weighted by atomic mass is 10.1. The summed E-state index contributed by atoms with van der Waals surface area (Å²) in [5, 5.41) is 3.07. The first-order valence-corrected chi connectivity index (χ1v) is 6.81. The predicted molar refractivity (Wildman–Crippen MR) is 97.2 cm³/mol. The first kappa shape index (κ1) is 19.0. The van der Waals surface area contributed by atoms with Crippen molar-refractivity contribution in [2.24, 2.45) is 16.6 Å². The lowest BCUT2D eigenvalue weighted by Gasteiger charge is -2.11. The molecule has 1 aromatic rings. The maximum absolute atomic E-state index is 5.82. The minimum atomic E-state index is 0. The highest BCUT2D eigenvalue weighted by Gasteiger charge is 1.99. The Bertz CT molecular complexity index is 402. The number of guanidine groups is 1. The third-order valence-corrected chi connectivity index (χ3v) is 2.49. The van der Waals surface area contributed by atoms with Crippen molar-refractivity contribution in [3.8, 4) is 5.75 Å².